The fourth-order valence-electron chi connectivity index (χ4n) is 2.60. The lowest BCUT2D eigenvalue weighted by molar-refractivity contribution is 0.102. The Morgan fingerprint density at radius 3 is 2.41 bits per heavy atom. The van der Waals surface area contributed by atoms with Crippen molar-refractivity contribution in [3.8, 4) is 0 Å². The number of benzene rings is 2. The van der Waals surface area contributed by atoms with Crippen molar-refractivity contribution < 1.29 is 4.79 Å². The first-order valence-corrected chi connectivity index (χ1v) is 8.70. The normalized spacial score (nSPS) is 14.2. The highest BCUT2D eigenvalue weighted by Crippen LogP contribution is 2.31. The fraction of sp³-hybridized carbons (Fsp3) is 0.235. The van der Waals surface area contributed by atoms with Gasteiger partial charge in [-0.25, -0.2) is 0 Å². The fourth-order valence-corrected chi connectivity index (χ4v) is 3.26. The van der Waals surface area contributed by atoms with E-state index in [-0.39, 0.29) is 5.91 Å². The molecular weight excluding hydrogens is 411 g/mol. The molecule has 1 amide bonds. The maximum atomic E-state index is 12.2. The number of halogens is 2. The Bertz CT molecular complexity index is 682. The van der Waals surface area contributed by atoms with Gasteiger partial charge in [-0.1, -0.05) is 11.6 Å². The van der Waals surface area contributed by atoms with E-state index in [2.05, 4.69) is 32.8 Å². The van der Waals surface area contributed by atoms with Gasteiger partial charge in [0.1, 0.15) is 0 Å². The predicted molar refractivity (Wildman–Crippen MR) is 100 cm³/mol. The molecular formula is C17H16ClIN2O. The summed E-state index contributed by atoms with van der Waals surface area (Å²) < 4.78 is 1.10. The van der Waals surface area contributed by atoms with Crippen LogP contribution in [0.1, 0.15) is 23.2 Å². The van der Waals surface area contributed by atoms with Crippen molar-refractivity contribution in [3.05, 3.63) is 56.6 Å². The quantitative estimate of drug-likeness (QED) is 0.715. The first-order valence-electron chi connectivity index (χ1n) is 7.25. The van der Waals surface area contributed by atoms with Gasteiger partial charge >= 0.3 is 0 Å². The Morgan fingerprint density at radius 2 is 1.77 bits per heavy atom. The summed E-state index contributed by atoms with van der Waals surface area (Å²) in [5.74, 6) is -0.124. The molecule has 0 bridgehead atoms. The standard InChI is InChI=1S/C17H16ClIN2O/c18-15-11-14(7-8-16(15)21-9-1-2-10-21)20-17(22)12-3-5-13(19)6-4-12/h3-8,11H,1-2,9-10H2,(H,20,22). The Hall–Kier alpha value is -1.27. The summed E-state index contributed by atoms with van der Waals surface area (Å²) in [5, 5.41) is 3.57. The summed E-state index contributed by atoms with van der Waals surface area (Å²) in [5.41, 5.74) is 2.41. The number of nitrogens with zero attached hydrogens (tertiary/aromatic N) is 1. The number of carbonyl (C=O) groups excluding carboxylic acids is 1. The lowest BCUT2D eigenvalue weighted by Crippen LogP contribution is -2.18. The van der Waals surface area contributed by atoms with E-state index in [0.29, 0.717) is 10.6 Å². The molecule has 1 saturated heterocycles. The number of anilines is 2. The third-order valence-electron chi connectivity index (χ3n) is 3.76. The van der Waals surface area contributed by atoms with Crippen molar-refractivity contribution in [2.75, 3.05) is 23.3 Å². The smallest absolute Gasteiger partial charge is 0.255 e. The van der Waals surface area contributed by atoms with Crippen LogP contribution in [0.5, 0.6) is 0 Å². The summed E-state index contributed by atoms with van der Waals surface area (Å²) in [6.45, 7) is 2.10. The van der Waals surface area contributed by atoms with Crippen LogP contribution in [0.4, 0.5) is 11.4 Å². The Morgan fingerprint density at radius 1 is 1.09 bits per heavy atom. The molecule has 0 aliphatic carbocycles. The number of hydrogen-bond acceptors (Lipinski definition) is 2. The monoisotopic (exact) mass is 426 g/mol. The minimum absolute atomic E-state index is 0.124. The van der Waals surface area contributed by atoms with Crippen LogP contribution in [-0.2, 0) is 0 Å². The summed E-state index contributed by atoms with van der Waals surface area (Å²) in [6.07, 6.45) is 2.42. The minimum atomic E-state index is -0.124. The molecule has 1 aliphatic rings. The zero-order valence-electron chi connectivity index (χ0n) is 12.0. The molecule has 5 heteroatoms. The van der Waals surface area contributed by atoms with Crippen LogP contribution in [-0.4, -0.2) is 19.0 Å². The highest BCUT2D eigenvalue weighted by molar-refractivity contribution is 14.1. The SMILES string of the molecule is O=C(Nc1ccc(N2CCCC2)c(Cl)c1)c1ccc(I)cc1. The Labute approximate surface area is 148 Å². The first-order chi connectivity index (χ1) is 10.6. The number of amides is 1. The largest absolute Gasteiger partial charge is 0.370 e. The molecule has 22 heavy (non-hydrogen) atoms. The van der Waals surface area contributed by atoms with Crippen molar-refractivity contribution in [2.24, 2.45) is 0 Å². The molecule has 1 fully saturated rings. The molecule has 3 nitrogen and oxygen atoms in total. The molecule has 0 aromatic heterocycles. The molecule has 0 saturated carbocycles. The van der Waals surface area contributed by atoms with E-state index in [1.165, 1.54) is 12.8 Å². The summed E-state index contributed by atoms with van der Waals surface area (Å²) in [4.78, 5) is 14.5. The number of hydrogen-bond donors (Lipinski definition) is 1. The topological polar surface area (TPSA) is 32.3 Å². The van der Waals surface area contributed by atoms with Crippen LogP contribution >= 0.6 is 34.2 Å². The maximum Gasteiger partial charge on any atom is 0.255 e. The number of rotatable bonds is 3. The lowest BCUT2D eigenvalue weighted by Gasteiger charge is -2.19. The van der Waals surface area contributed by atoms with E-state index >= 15 is 0 Å². The van der Waals surface area contributed by atoms with Crippen molar-refractivity contribution in [1.82, 2.24) is 0 Å². The molecule has 0 radical (unpaired) electrons. The van der Waals surface area contributed by atoms with Crippen LogP contribution in [0, 0.1) is 3.57 Å². The van der Waals surface area contributed by atoms with Crippen LogP contribution < -0.4 is 10.2 Å². The second kappa shape index (κ2) is 6.87. The molecule has 1 aliphatic heterocycles. The van der Waals surface area contributed by atoms with E-state index in [4.69, 9.17) is 11.6 Å². The van der Waals surface area contributed by atoms with Crippen LogP contribution in [0.15, 0.2) is 42.5 Å². The predicted octanol–water partition coefficient (Wildman–Crippen LogP) is 4.80. The van der Waals surface area contributed by atoms with Gasteiger partial charge in [0, 0.05) is 27.9 Å². The summed E-state index contributed by atoms with van der Waals surface area (Å²) in [6, 6.07) is 13.2. The molecule has 0 atom stereocenters. The van der Waals surface area contributed by atoms with Gasteiger partial charge in [0.25, 0.3) is 5.91 Å². The van der Waals surface area contributed by atoms with E-state index < -0.39 is 0 Å². The first kappa shape index (κ1) is 15.6. The molecule has 1 N–H and O–H groups in total. The molecule has 2 aromatic carbocycles. The van der Waals surface area contributed by atoms with Gasteiger partial charge in [-0.05, 0) is 77.9 Å². The van der Waals surface area contributed by atoms with Crippen molar-refractivity contribution in [3.63, 3.8) is 0 Å². The second-order valence-corrected chi connectivity index (χ2v) is 6.97. The zero-order valence-corrected chi connectivity index (χ0v) is 14.9. The second-order valence-electron chi connectivity index (χ2n) is 5.32. The van der Waals surface area contributed by atoms with E-state index in [1.807, 2.05) is 42.5 Å². The van der Waals surface area contributed by atoms with Gasteiger partial charge in [0.05, 0.1) is 10.7 Å². The van der Waals surface area contributed by atoms with Gasteiger partial charge in [-0.15, -0.1) is 0 Å². The molecule has 0 unspecified atom stereocenters. The van der Waals surface area contributed by atoms with Gasteiger partial charge < -0.3 is 10.2 Å². The molecule has 1 heterocycles. The minimum Gasteiger partial charge on any atom is -0.370 e. The Balaban J connectivity index is 1.73. The molecule has 2 aromatic rings. The third kappa shape index (κ3) is 3.55. The van der Waals surface area contributed by atoms with Crippen molar-refractivity contribution in [2.45, 2.75) is 12.8 Å². The summed E-state index contributed by atoms with van der Waals surface area (Å²) in [7, 11) is 0. The number of carbonyl (C=O) groups is 1. The lowest BCUT2D eigenvalue weighted by atomic mass is 10.2. The molecule has 3 rings (SSSR count). The third-order valence-corrected chi connectivity index (χ3v) is 4.78. The van der Waals surface area contributed by atoms with Crippen molar-refractivity contribution >= 4 is 51.5 Å². The van der Waals surface area contributed by atoms with Crippen LogP contribution in [0.2, 0.25) is 5.02 Å². The average Bonchev–Trinajstić information content (AvgIpc) is 3.02. The number of nitrogens with one attached hydrogen (secondary N) is 1. The van der Waals surface area contributed by atoms with Gasteiger partial charge in [-0.2, -0.15) is 0 Å². The zero-order chi connectivity index (χ0) is 15.5. The molecule has 114 valence electrons. The maximum absolute atomic E-state index is 12.2. The van der Waals surface area contributed by atoms with Gasteiger partial charge in [0.15, 0.2) is 0 Å². The van der Waals surface area contributed by atoms with E-state index in [9.17, 15) is 4.79 Å². The van der Waals surface area contributed by atoms with E-state index in [1.54, 1.807) is 0 Å². The van der Waals surface area contributed by atoms with Crippen LogP contribution in [0.25, 0.3) is 0 Å². The van der Waals surface area contributed by atoms with Crippen molar-refractivity contribution in [1.29, 1.82) is 0 Å². The Kier molecular flexibility index (Phi) is 4.88. The summed E-state index contributed by atoms with van der Waals surface area (Å²) >= 11 is 8.58. The highest BCUT2D eigenvalue weighted by Gasteiger charge is 2.15. The van der Waals surface area contributed by atoms with Gasteiger partial charge in [-0.3, -0.25) is 4.79 Å². The van der Waals surface area contributed by atoms with E-state index in [0.717, 1.165) is 28.0 Å². The molecule has 0 spiro atoms. The highest BCUT2D eigenvalue weighted by atomic mass is 127. The van der Waals surface area contributed by atoms with Gasteiger partial charge in [0.2, 0.25) is 0 Å². The van der Waals surface area contributed by atoms with Crippen LogP contribution in [0.3, 0.4) is 0 Å². The average molecular weight is 427 g/mol.